The normalized spacial score (nSPS) is 12.1. The van der Waals surface area contributed by atoms with Crippen LogP contribution in [0.15, 0.2) is 71.3 Å². The summed E-state index contributed by atoms with van der Waals surface area (Å²) in [6, 6.07) is 17.0. The minimum absolute atomic E-state index is 0.238. The van der Waals surface area contributed by atoms with Crippen LogP contribution < -0.4 is 10.5 Å². The molecule has 3 aromatic carbocycles. The second-order valence-electron chi connectivity index (χ2n) is 7.25. The van der Waals surface area contributed by atoms with Crippen LogP contribution in [-0.2, 0) is 17.8 Å². The van der Waals surface area contributed by atoms with Crippen LogP contribution in [0.4, 0.5) is 4.39 Å². The van der Waals surface area contributed by atoms with Gasteiger partial charge in [0.15, 0.2) is 0 Å². The van der Waals surface area contributed by atoms with Gasteiger partial charge < -0.3 is 24.8 Å². The minimum atomic E-state index is -0.812. The zero-order chi connectivity index (χ0) is 21.8. The number of furan rings is 1. The van der Waals surface area contributed by atoms with E-state index in [-0.39, 0.29) is 25.2 Å². The summed E-state index contributed by atoms with van der Waals surface area (Å²) in [6.07, 6.45) is 2.66. The number of aldehydes is 1. The van der Waals surface area contributed by atoms with E-state index in [1.807, 2.05) is 42.5 Å². The Bertz CT molecular complexity index is 1220. The van der Waals surface area contributed by atoms with Crippen LogP contribution in [0.1, 0.15) is 22.7 Å². The Kier molecular flexibility index (Phi) is 6.11. The molecule has 6 heteroatoms. The van der Waals surface area contributed by atoms with Gasteiger partial charge in [-0.25, -0.2) is 4.39 Å². The van der Waals surface area contributed by atoms with Crippen molar-refractivity contribution in [3.05, 3.63) is 89.4 Å². The van der Waals surface area contributed by atoms with Gasteiger partial charge in [-0.2, -0.15) is 0 Å². The molecule has 0 saturated heterocycles. The molecule has 31 heavy (non-hydrogen) atoms. The Labute approximate surface area is 178 Å². The van der Waals surface area contributed by atoms with Gasteiger partial charge >= 0.3 is 0 Å². The van der Waals surface area contributed by atoms with Crippen LogP contribution in [0.5, 0.6) is 5.75 Å². The van der Waals surface area contributed by atoms with Crippen LogP contribution in [0.3, 0.4) is 0 Å². The molecule has 0 amide bonds. The second-order valence-corrected chi connectivity index (χ2v) is 7.25. The van der Waals surface area contributed by atoms with Gasteiger partial charge in [-0.15, -0.1) is 0 Å². The van der Waals surface area contributed by atoms with Crippen molar-refractivity contribution in [3.8, 4) is 16.9 Å². The topological polar surface area (TPSA) is 85.7 Å². The van der Waals surface area contributed by atoms with E-state index < -0.39 is 11.9 Å². The smallest absolute Gasteiger partial charge is 0.141 e. The number of nitrogens with two attached hydrogens (primary N) is 1. The quantitative estimate of drug-likeness (QED) is 0.409. The van der Waals surface area contributed by atoms with Gasteiger partial charge in [0.05, 0.1) is 18.9 Å². The first-order valence-electron chi connectivity index (χ1n) is 9.92. The van der Waals surface area contributed by atoms with E-state index in [4.69, 9.17) is 14.9 Å². The van der Waals surface area contributed by atoms with Gasteiger partial charge in [-0.05, 0) is 29.8 Å². The van der Waals surface area contributed by atoms with Crippen LogP contribution in [0.25, 0.3) is 22.1 Å². The molecule has 5 nitrogen and oxygen atoms in total. The number of carbonyl (C=O) groups is 1. The number of ether oxygens (including phenoxy) is 1. The zero-order valence-electron chi connectivity index (χ0n) is 16.8. The largest absolute Gasteiger partial charge is 0.489 e. The first kappa shape index (κ1) is 20.8. The molecule has 0 bridgehead atoms. The number of rotatable bonds is 8. The lowest BCUT2D eigenvalue weighted by atomic mass is 9.96. The second kappa shape index (κ2) is 9.12. The van der Waals surface area contributed by atoms with E-state index in [0.29, 0.717) is 22.5 Å². The summed E-state index contributed by atoms with van der Waals surface area (Å²) in [5.41, 5.74) is 9.19. The summed E-state index contributed by atoms with van der Waals surface area (Å²) in [4.78, 5) is 10.9. The van der Waals surface area contributed by atoms with E-state index in [2.05, 4.69) is 0 Å². The Hall–Kier alpha value is -3.48. The van der Waals surface area contributed by atoms with Crippen molar-refractivity contribution in [1.29, 1.82) is 0 Å². The maximum absolute atomic E-state index is 15.3. The molecule has 1 atom stereocenters. The summed E-state index contributed by atoms with van der Waals surface area (Å²) >= 11 is 0. The Morgan fingerprint density at radius 2 is 1.94 bits per heavy atom. The van der Waals surface area contributed by atoms with Crippen LogP contribution in [0.2, 0.25) is 0 Å². The molecule has 4 aromatic rings. The number of aliphatic hydroxyl groups is 1. The molecule has 0 aliphatic carbocycles. The molecule has 0 saturated carbocycles. The number of fused-ring (bicyclic) bond motifs is 1. The number of para-hydroxylation sites is 1. The highest BCUT2D eigenvalue weighted by atomic mass is 19.1. The summed E-state index contributed by atoms with van der Waals surface area (Å²) in [6.45, 7) is -0.119. The molecule has 158 valence electrons. The van der Waals surface area contributed by atoms with Crippen LogP contribution >= 0.6 is 0 Å². The van der Waals surface area contributed by atoms with Crippen molar-refractivity contribution in [2.24, 2.45) is 5.73 Å². The predicted octanol–water partition coefficient (Wildman–Crippen LogP) is 4.55. The Morgan fingerprint density at radius 3 is 2.74 bits per heavy atom. The molecule has 1 heterocycles. The highest BCUT2D eigenvalue weighted by Crippen LogP contribution is 2.35. The lowest BCUT2D eigenvalue weighted by Crippen LogP contribution is -2.16. The van der Waals surface area contributed by atoms with Gasteiger partial charge in [-0.1, -0.05) is 36.4 Å². The third-order valence-electron chi connectivity index (χ3n) is 5.20. The lowest BCUT2D eigenvalue weighted by molar-refractivity contribution is -0.107. The third-order valence-corrected chi connectivity index (χ3v) is 5.20. The maximum atomic E-state index is 15.3. The summed E-state index contributed by atoms with van der Waals surface area (Å²) in [5.74, 6) is 0.140. The fraction of sp³-hybridized carbons (Fsp3) is 0.160. The van der Waals surface area contributed by atoms with Crippen molar-refractivity contribution in [3.63, 3.8) is 0 Å². The van der Waals surface area contributed by atoms with Crippen molar-refractivity contribution < 1.29 is 23.4 Å². The maximum Gasteiger partial charge on any atom is 0.141 e. The van der Waals surface area contributed by atoms with E-state index in [1.165, 1.54) is 0 Å². The van der Waals surface area contributed by atoms with E-state index >= 15 is 4.39 Å². The number of hydrogen-bond acceptors (Lipinski definition) is 5. The van der Waals surface area contributed by atoms with Crippen LogP contribution in [0, 0.1) is 5.82 Å². The molecule has 0 spiro atoms. The van der Waals surface area contributed by atoms with Crippen molar-refractivity contribution >= 4 is 17.3 Å². The molecular weight excluding hydrogens is 397 g/mol. The number of hydrogen-bond donors (Lipinski definition) is 2. The Balaban J connectivity index is 1.72. The van der Waals surface area contributed by atoms with Crippen molar-refractivity contribution in [2.45, 2.75) is 19.1 Å². The van der Waals surface area contributed by atoms with Gasteiger partial charge in [-0.3, -0.25) is 0 Å². The summed E-state index contributed by atoms with van der Waals surface area (Å²) in [7, 11) is 0. The molecule has 0 radical (unpaired) electrons. The fourth-order valence-electron chi connectivity index (χ4n) is 3.63. The van der Waals surface area contributed by atoms with Gasteiger partial charge in [0, 0.05) is 34.1 Å². The first-order chi connectivity index (χ1) is 15.1. The predicted molar refractivity (Wildman–Crippen MR) is 116 cm³/mol. The average Bonchev–Trinajstić information content (AvgIpc) is 3.27. The molecule has 0 aliphatic rings. The summed E-state index contributed by atoms with van der Waals surface area (Å²) in [5, 5.41) is 10.2. The van der Waals surface area contributed by atoms with E-state index in [9.17, 15) is 9.90 Å². The molecule has 0 fully saturated rings. The first-order valence-corrected chi connectivity index (χ1v) is 9.92. The van der Waals surface area contributed by atoms with Gasteiger partial charge in [0.2, 0.25) is 0 Å². The minimum Gasteiger partial charge on any atom is -0.489 e. The van der Waals surface area contributed by atoms with Gasteiger partial charge in [0.25, 0.3) is 0 Å². The molecule has 3 N–H and O–H groups in total. The van der Waals surface area contributed by atoms with Crippen molar-refractivity contribution in [2.75, 3.05) is 6.61 Å². The Morgan fingerprint density at radius 1 is 1.10 bits per heavy atom. The monoisotopic (exact) mass is 419 g/mol. The standard InChI is InChI=1S/C25H22FNO4/c26-24-19(5-3-6-20(24)22(27)14-29)21-13-16(12-18-9-11-30-25(18)21)15-31-23-7-2-1-4-17(23)8-10-28/h1-7,9-13,22,29H,8,14-15,27H2. The highest BCUT2D eigenvalue weighted by Gasteiger charge is 2.18. The van der Waals surface area contributed by atoms with E-state index in [1.54, 1.807) is 24.5 Å². The number of benzene rings is 3. The fourth-order valence-corrected chi connectivity index (χ4v) is 3.63. The molecule has 1 unspecified atom stereocenters. The molecule has 1 aromatic heterocycles. The molecule has 4 rings (SSSR count). The molecule has 0 aliphatic heterocycles. The number of aliphatic hydroxyl groups excluding tert-OH is 1. The summed E-state index contributed by atoms with van der Waals surface area (Å²) < 4.78 is 26.8. The third kappa shape index (κ3) is 4.21. The molecular formula is C25H22FNO4. The average molecular weight is 419 g/mol. The highest BCUT2D eigenvalue weighted by molar-refractivity contribution is 5.93. The van der Waals surface area contributed by atoms with E-state index in [0.717, 1.165) is 22.8 Å². The van der Waals surface area contributed by atoms with Gasteiger partial charge in [0.1, 0.15) is 30.0 Å². The SMILES string of the molecule is NC(CO)c1cccc(-c2cc(COc3ccccc3CC=O)cc3ccoc23)c1F. The lowest BCUT2D eigenvalue weighted by Gasteiger charge is -2.15. The number of halogens is 1. The zero-order valence-corrected chi connectivity index (χ0v) is 16.8. The number of carbonyl (C=O) groups excluding carboxylic acids is 1. The van der Waals surface area contributed by atoms with Crippen molar-refractivity contribution in [1.82, 2.24) is 0 Å². The van der Waals surface area contributed by atoms with Crippen LogP contribution in [-0.4, -0.2) is 18.0 Å².